The van der Waals surface area contributed by atoms with E-state index >= 15 is 0 Å². The molecule has 0 bridgehead atoms. The molecule has 0 saturated heterocycles. The minimum atomic E-state index is 0.546. The molecule has 20 heavy (non-hydrogen) atoms. The average molecular weight is 278 g/mol. The molecule has 0 aliphatic carbocycles. The number of benzene rings is 1. The predicted molar refractivity (Wildman–Crippen MR) is 86.2 cm³/mol. The van der Waals surface area contributed by atoms with Crippen molar-refractivity contribution in [3.05, 3.63) is 29.8 Å². The molecule has 0 saturated carbocycles. The van der Waals surface area contributed by atoms with Gasteiger partial charge in [0.2, 0.25) is 0 Å². The third-order valence-electron chi connectivity index (χ3n) is 3.94. The van der Waals surface area contributed by atoms with Gasteiger partial charge in [-0.3, -0.25) is 0 Å². The Morgan fingerprint density at radius 3 is 2.55 bits per heavy atom. The van der Waals surface area contributed by atoms with E-state index in [1.165, 1.54) is 12.0 Å². The van der Waals surface area contributed by atoms with E-state index < -0.39 is 0 Å². The van der Waals surface area contributed by atoms with Crippen LogP contribution in [0.25, 0.3) is 0 Å². The Labute approximate surface area is 124 Å². The van der Waals surface area contributed by atoms with Crippen molar-refractivity contribution in [1.29, 1.82) is 0 Å². The molecule has 1 aromatic rings. The van der Waals surface area contributed by atoms with Gasteiger partial charge in [0, 0.05) is 24.7 Å². The number of ether oxygens (including phenoxy) is 1. The molecule has 3 heteroatoms. The number of likely N-dealkylation sites (N-methyl/N-ethyl adjacent to an activating group) is 2. The van der Waals surface area contributed by atoms with Gasteiger partial charge >= 0.3 is 0 Å². The van der Waals surface area contributed by atoms with Gasteiger partial charge in [-0.1, -0.05) is 45.4 Å². The summed E-state index contributed by atoms with van der Waals surface area (Å²) in [5, 5.41) is 3.61. The first kappa shape index (κ1) is 17.0. The standard InChI is InChI=1S/C17H30N2O/c1-6-14(3)16(18-7-2)13-19(4)12-15-10-8-9-11-17(15)20-5/h8-11,14,16,18H,6-7,12-13H2,1-5H3. The number of nitrogens with zero attached hydrogens (tertiary/aromatic N) is 1. The van der Waals surface area contributed by atoms with Gasteiger partial charge in [-0.25, -0.2) is 0 Å². The lowest BCUT2D eigenvalue weighted by Crippen LogP contribution is -2.43. The molecule has 1 aromatic carbocycles. The molecule has 2 unspecified atom stereocenters. The van der Waals surface area contributed by atoms with Gasteiger partial charge in [0.25, 0.3) is 0 Å². The fourth-order valence-electron chi connectivity index (χ4n) is 2.52. The van der Waals surface area contributed by atoms with E-state index in [-0.39, 0.29) is 0 Å². The summed E-state index contributed by atoms with van der Waals surface area (Å²) in [7, 11) is 3.92. The fourth-order valence-corrected chi connectivity index (χ4v) is 2.52. The van der Waals surface area contributed by atoms with Crippen LogP contribution in [0.2, 0.25) is 0 Å². The normalized spacial score (nSPS) is 14.3. The van der Waals surface area contributed by atoms with Crippen molar-refractivity contribution in [2.75, 3.05) is 27.2 Å². The Bertz CT molecular complexity index is 381. The molecule has 0 radical (unpaired) electrons. The third-order valence-corrected chi connectivity index (χ3v) is 3.94. The van der Waals surface area contributed by atoms with E-state index in [0.29, 0.717) is 12.0 Å². The number of nitrogens with one attached hydrogen (secondary N) is 1. The smallest absolute Gasteiger partial charge is 0.123 e. The lowest BCUT2D eigenvalue weighted by molar-refractivity contribution is 0.238. The largest absolute Gasteiger partial charge is 0.496 e. The van der Waals surface area contributed by atoms with Crippen LogP contribution >= 0.6 is 0 Å². The van der Waals surface area contributed by atoms with Crippen molar-refractivity contribution in [3.8, 4) is 5.75 Å². The highest BCUT2D eigenvalue weighted by atomic mass is 16.5. The second-order valence-electron chi connectivity index (χ2n) is 5.56. The van der Waals surface area contributed by atoms with Crippen LogP contribution in [0, 0.1) is 5.92 Å². The zero-order chi connectivity index (χ0) is 15.0. The second kappa shape index (κ2) is 8.98. The van der Waals surface area contributed by atoms with Gasteiger partial charge in [0.15, 0.2) is 0 Å². The highest BCUT2D eigenvalue weighted by Crippen LogP contribution is 2.19. The zero-order valence-corrected chi connectivity index (χ0v) is 13.6. The van der Waals surface area contributed by atoms with Crippen molar-refractivity contribution in [2.45, 2.75) is 39.8 Å². The van der Waals surface area contributed by atoms with Gasteiger partial charge in [-0.15, -0.1) is 0 Å². The first-order chi connectivity index (χ1) is 9.62. The summed E-state index contributed by atoms with van der Waals surface area (Å²) in [6.45, 7) is 9.76. The molecule has 0 heterocycles. The summed E-state index contributed by atoms with van der Waals surface area (Å²) < 4.78 is 5.43. The highest BCUT2D eigenvalue weighted by Gasteiger charge is 2.17. The molecule has 0 fully saturated rings. The Morgan fingerprint density at radius 1 is 1.25 bits per heavy atom. The number of para-hydroxylation sites is 1. The second-order valence-corrected chi connectivity index (χ2v) is 5.56. The van der Waals surface area contributed by atoms with Gasteiger partial charge in [0.1, 0.15) is 5.75 Å². The van der Waals surface area contributed by atoms with E-state index in [0.717, 1.165) is 25.4 Å². The maximum atomic E-state index is 5.43. The quantitative estimate of drug-likeness (QED) is 0.751. The molecule has 0 aliphatic rings. The Kier molecular flexibility index (Phi) is 7.63. The molecule has 0 aromatic heterocycles. The van der Waals surface area contributed by atoms with Crippen LogP contribution in [0.3, 0.4) is 0 Å². The molecular formula is C17H30N2O. The van der Waals surface area contributed by atoms with Crippen molar-refractivity contribution < 1.29 is 4.74 Å². The monoisotopic (exact) mass is 278 g/mol. The zero-order valence-electron chi connectivity index (χ0n) is 13.6. The van der Waals surface area contributed by atoms with Crippen molar-refractivity contribution in [3.63, 3.8) is 0 Å². The molecule has 1 rings (SSSR count). The first-order valence-corrected chi connectivity index (χ1v) is 7.66. The molecular weight excluding hydrogens is 248 g/mol. The van der Waals surface area contributed by atoms with Crippen LogP contribution in [0.15, 0.2) is 24.3 Å². The van der Waals surface area contributed by atoms with Crippen molar-refractivity contribution >= 4 is 0 Å². The highest BCUT2D eigenvalue weighted by molar-refractivity contribution is 5.33. The first-order valence-electron chi connectivity index (χ1n) is 7.66. The molecule has 0 spiro atoms. The minimum absolute atomic E-state index is 0.546. The summed E-state index contributed by atoms with van der Waals surface area (Å²) >= 11 is 0. The third kappa shape index (κ3) is 5.14. The Morgan fingerprint density at radius 2 is 1.95 bits per heavy atom. The SMILES string of the molecule is CCNC(CN(C)Cc1ccccc1OC)C(C)CC. The molecule has 114 valence electrons. The number of methoxy groups -OCH3 is 1. The predicted octanol–water partition coefficient (Wildman–Crippen LogP) is 3.15. The van der Waals surface area contributed by atoms with E-state index in [1.54, 1.807) is 7.11 Å². The maximum absolute atomic E-state index is 5.43. The van der Waals surface area contributed by atoms with E-state index in [4.69, 9.17) is 4.74 Å². The minimum Gasteiger partial charge on any atom is -0.496 e. The van der Waals surface area contributed by atoms with Crippen LogP contribution in [-0.2, 0) is 6.54 Å². The number of rotatable bonds is 9. The topological polar surface area (TPSA) is 24.5 Å². The molecule has 0 amide bonds. The molecule has 0 aliphatic heterocycles. The van der Waals surface area contributed by atoms with E-state index in [9.17, 15) is 0 Å². The summed E-state index contributed by atoms with van der Waals surface area (Å²) in [5.41, 5.74) is 1.25. The molecule has 1 N–H and O–H groups in total. The van der Waals surface area contributed by atoms with Gasteiger partial charge in [-0.05, 0) is 25.6 Å². The fraction of sp³-hybridized carbons (Fsp3) is 0.647. The summed E-state index contributed by atoms with van der Waals surface area (Å²) in [6.07, 6.45) is 1.21. The lowest BCUT2D eigenvalue weighted by atomic mass is 9.98. The maximum Gasteiger partial charge on any atom is 0.123 e. The van der Waals surface area contributed by atoms with Crippen LogP contribution in [-0.4, -0.2) is 38.2 Å². The Hall–Kier alpha value is -1.06. The van der Waals surface area contributed by atoms with Crippen LogP contribution < -0.4 is 10.1 Å². The van der Waals surface area contributed by atoms with Gasteiger partial charge < -0.3 is 15.0 Å². The van der Waals surface area contributed by atoms with E-state index in [2.05, 4.69) is 50.2 Å². The molecule has 3 nitrogen and oxygen atoms in total. The number of hydrogen-bond acceptors (Lipinski definition) is 3. The van der Waals surface area contributed by atoms with E-state index in [1.807, 2.05) is 12.1 Å². The average Bonchev–Trinajstić information content (AvgIpc) is 2.46. The summed E-state index contributed by atoms with van der Waals surface area (Å²) in [4.78, 5) is 2.37. The molecule has 2 atom stereocenters. The van der Waals surface area contributed by atoms with Crippen molar-refractivity contribution in [2.24, 2.45) is 5.92 Å². The number of hydrogen-bond donors (Lipinski definition) is 1. The van der Waals surface area contributed by atoms with Crippen LogP contribution in [0.1, 0.15) is 32.8 Å². The van der Waals surface area contributed by atoms with Crippen molar-refractivity contribution in [1.82, 2.24) is 10.2 Å². The van der Waals surface area contributed by atoms with Crippen LogP contribution in [0.5, 0.6) is 5.75 Å². The summed E-state index contributed by atoms with van der Waals surface area (Å²) in [5.74, 6) is 1.66. The van der Waals surface area contributed by atoms with Crippen LogP contribution in [0.4, 0.5) is 0 Å². The van der Waals surface area contributed by atoms with Gasteiger partial charge in [0.05, 0.1) is 7.11 Å². The van der Waals surface area contributed by atoms with Gasteiger partial charge in [-0.2, -0.15) is 0 Å². The Balaban J connectivity index is 2.62. The lowest BCUT2D eigenvalue weighted by Gasteiger charge is -2.29. The summed E-state index contributed by atoms with van der Waals surface area (Å²) in [6, 6.07) is 8.80.